The normalized spacial score (nSPS) is 29.0. The molecule has 2 aliphatic carbocycles. The summed E-state index contributed by atoms with van der Waals surface area (Å²) in [6, 6.07) is 5.53. The lowest BCUT2D eigenvalue weighted by atomic mass is 9.68. The molecule has 0 spiro atoms. The third-order valence-corrected chi connectivity index (χ3v) is 5.49. The standard InChI is InChI=1S/C18H30N2O/c1-18(2)10-4-6-14(17(18)19-3)12-20(15-8-9-15)13-16-7-5-11-21-16/h5,7,11,14-15,17,19H,4,6,8-10,12-13H2,1-3H3. The first-order valence-corrected chi connectivity index (χ1v) is 8.54. The predicted molar refractivity (Wildman–Crippen MR) is 86.1 cm³/mol. The van der Waals surface area contributed by atoms with E-state index in [1.54, 1.807) is 6.26 Å². The number of furan rings is 1. The van der Waals surface area contributed by atoms with Gasteiger partial charge in [0.1, 0.15) is 5.76 Å². The SMILES string of the molecule is CNC1C(CN(Cc2ccco2)C2CC2)CCCC1(C)C. The molecule has 0 bridgehead atoms. The monoisotopic (exact) mass is 290 g/mol. The van der Waals surface area contributed by atoms with Gasteiger partial charge in [0.25, 0.3) is 0 Å². The average Bonchev–Trinajstić information content (AvgIpc) is 3.16. The molecule has 2 aliphatic rings. The van der Waals surface area contributed by atoms with Crippen molar-refractivity contribution in [2.75, 3.05) is 13.6 Å². The lowest BCUT2D eigenvalue weighted by Gasteiger charge is -2.45. The van der Waals surface area contributed by atoms with Crippen LogP contribution in [0.25, 0.3) is 0 Å². The van der Waals surface area contributed by atoms with Gasteiger partial charge in [-0.05, 0) is 56.2 Å². The molecule has 2 unspecified atom stereocenters. The van der Waals surface area contributed by atoms with Gasteiger partial charge in [-0.15, -0.1) is 0 Å². The van der Waals surface area contributed by atoms with E-state index >= 15 is 0 Å². The first-order valence-electron chi connectivity index (χ1n) is 8.54. The maximum atomic E-state index is 5.57. The number of hydrogen-bond acceptors (Lipinski definition) is 3. The molecule has 1 aromatic rings. The van der Waals surface area contributed by atoms with Crippen molar-refractivity contribution in [3.05, 3.63) is 24.2 Å². The molecule has 2 atom stereocenters. The maximum Gasteiger partial charge on any atom is 0.117 e. The van der Waals surface area contributed by atoms with E-state index in [0.717, 1.165) is 24.3 Å². The Bertz CT molecular complexity index is 436. The number of rotatable bonds is 6. The summed E-state index contributed by atoms with van der Waals surface area (Å²) in [6.45, 7) is 7.04. The van der Waals surface area contributed by atoms with Crippen LogP contribution < -0.4 is 5.32 Å². The Hall–Kier alpha value is -0.800. The van der Waals surface area contributed by atoms with Crippen molar-refractivity contribution in [3.8, 4) is 0 Å². The Labute approximate surface area is 129 Å². The van der Waals surface area contributed by atoms with E-state index in [9.17, 15) is 0 Å². The Morgan fingerprint density at radius 3 is 2.76 bits per heavy atom. The fraction of sp³-hybridized carbons (Fsp3) is 0.778. The zero-order chi connectivity index (χ0) is 14.9. The van der Waals surface area contributed by atoms with Crippen LogP contribution in [0.3, 0.4) is 0 Å². The molecule has 0 saturated heterocycles. The summed E-state index contributed by atoms with van der Waals surface area (Å²) >= 11 is 0. The van der Waals surface area contributed by atoms with Gasteiger partial charge in [-0.3, -0.25) is 4.90 Å². The minimum Gasteiger partial charge on any atom is -0.468 e. The second kappa shape index (κ2) is 6.13. The summed E-state index contributed by atoms with van der Waals surface area (Å²) in [5.41, 5.74) is 0.414. The summed E-state index contributed by atoms with van der Waals surface area (Å²) in [6.07, 6.45) is 8.59. The zero-order valence-corrected chi connectivity index (χ0v) is 13.8. The van der Waals surface area contributed by atoms with E-state index in [1.165, 1.54) is 38.6 Å². The van der Waals surface area contributed by atoms with Crippen molar-refractivity contribution in [3.63, 3.8) is 0 Å². The third kappa shape index (κ3) is 3.51. The highest BCUT2D eigenvalue weighted by molar-refractivity contribution is 5.01. The highest BCUT2D eigenvalue weighted by Crippen LogP contribution is 2.40. The van der Waals surface area contributed by atoms with Crippen LogP contribution in [-0.2, 0) is 6.54 Å². The Morgan fingerprint density at radius 2 is 2.14 bits per heavy atom. The maximum absolute atomic E-state index is 5.57. The summed E-state index contributed by atoms with van der Waals surface area (Å²) < 4.78 is 5.57. The van der Waals surface area contributed by atoms with Gasteiger partial charge in [0, 0.05) is 18.6 Å². The van der Waals surface area contributed by atoms with E-state index < -0.39 is 0 Å². The first-order chi connectivity index (χ1) is 10.1. The van der Waals surface area contributed by atoms with Crippen molar-refractivity contribution < 1.29 is 4.42 Å². The minimum atomic E-state index is 0.414. The third-order valence-electron chi connectivity index (χ3n) is 5.49. The van der Waals surface area contributed by atoms with Gasteiger partial charge in [-0.2, -0.15) is 0 Å². The molecule has 1 N–H and O–H groups in total. The van der Waals surface area contributed by atoms with Crippen molar-refractivity contribution in [2.24, 2.45) is 11.3 Å². The second-order valence-electron chi connectivity index (χ2n) is 7.65. The molecule has 3 rings (SSSR count). The zero-order valence-electron chi connectivity index (χ0n) is 13.8. The first kappa shape index (κ1) is 15.1. The summed E-state index contributed by atoms with van der Waals surface area (Å²) in [5, 5.41) is 3.62. The molecule has 1 aromatic heterocycles. The fourth-order valence-corrected chi connectivity index (χ4v) is 4.29. The molecule has 1 heterocycles. The van der Waals surface area contributed by atoms with Gasteiger partial charge in [0.2, 0.25) is 0 Å². The predicted octanol–water partition coefficient (Wildman–Crippen LogP) is 3.66. The number of nitrogens with one attached hydrogen (secondary N) is 1. The van der Waals surface area contributed by atoms with E-state index in [0.29, 0.717) is 11.5 Å². The van der Waals surface area contributed by atoms with Crippen LogP contribution in [0.15, 0.2) is 22.8 Å². The lowest BCUT2D eigenvalue weighted by molar-refractivity contribution is 0.0761. The van der Waals surface area contributed by atoms with Crippen LogP contribution in [0.4, 0.5) is 0 Å². The van der Waals surface area contributed by atoms with Crippen molar-refractivity contribution in [1.29, 1.82) is 0 Å². The van der Waals surface area contributed by atoms with Crippen LogP contribution in [0.1, 0.15) is 51.7 Å². The quantitative estimate of drug-likeness (QED) is 0.866. The van der Waals surface area contributed by atoms with Crippen LogP contribution >= 0.6 is 0 Å². The van der Waals surface area contributed by atoms with Crippen LogP contribution in [-0.4, -0.2) is 30.6 Å². The highest BCUT2D eigenvalue weighted by atomic mass is 16.3. The molecule has 0 radical (unpaired) electrons. The van der Waals surface area contributed by atoms with Gasteiger partial charge < -0.3 is 9.73 Å². The van der Waals surface area contributed by atoms with E-state index in [2.05, 4.69) is 37.2 Å². The molecule has 0 aliphatic heterocycles. The highest BCUT2D eigenvalue weighted by Gasteiger charge is 2.40. The molecule has 0 amide bonds. The number of hydrogen-bond donors (Lipinski definition) is 1. The van der Waals surface area contributed by atoms with Crippen LogP contribution in [0, 0.1) is 11.3 Å². The Kier molecular flexibility index (Phi) is 4.41. The number of nitrogens with zero attached hydrogens (tertiary/aromatic N) is 1. The van der Waals surface area contributed by atoms with Gasteiger partial charge in [-0.25, -0.2) is 0 Å². The average molecular weight is 290 g/mol. The fourth-order valence-electron chi connectivity index (χ4n) is 4.29. The largest absolute Gasteiger partial charge is 0.468 e. The second-order valence-corrected chi connectivity index (χ2v) is 7.65. The van der Waals surface area contributed by atoms with E-state index in [-0.39, 0.29) is 0 Å². The smallest absolute Gasteiger partial charge is 0.117 e. The molecule has 2 saturated carbocycles. The van der Waals surface area contributed by atoms with Gasteiger partial charge in [0.15, 0.2) is 0 Å². The van der Waals surface area contributed by atoms with Gasteiger partial charge in [0.05, 0.1) is 12.8 Å². The van der Waals surface area contributed by atoms with Gasteiger partial charge in [-0.1, -0.05) is 20.3 Å². The molecule has 118 valence electrons. The Balaban J connectivity index is 1.67. The van der Waals surface area contributed by atoms with E-state index in [4.69, 9.17) is 4.42 Å². The Morgan fingerprint density at radius 1 is 1.33 bits per heavy atom. The van der Waals surface area contributed by atoms with E-state index in [1.807, 2.05) is 6.07 Å². The minimum absolute atomic E-state index is 0.414. The lowest BCUT2D eigenvalue weighted by Crippen LogP contribution is -2.51. The molecule has 0 aromatic carbocycles. The van der Waals surface area contributed by atoms with Crippen molar-refractivity contribution in [1.82, 2.24) is 10.2 Å². The molecular formula is C18H30N2O. The van der Waals surface area contributed by atoms with Crippen LogP contribution in [0.2, 0.25) is 0 Å². The summed E-state index contributed by atoms with van der Waals surface area (Å²) in [5.74, 6) is 1.87. The summed E-state index contributed by atoms with van der Waals surface area (Å²) in [7, 11) is 2.14. The molecular weight excluding hydrogens is 260 g/mol. The summed E-state index contributed by atoms with van der Waals surface area (Å²) in [4.78, 5) is 2.66. The van der Waals surface area contributed by atoms with Gasteiger partial charge >= 0.3 is 0 Å². The molecule has 3 nitrogen and oxygen atoms in total. The van der Waals surface area contributed by atoms with Crippen molar-refractivity contribution in [2.45, 2.75) is 64.6 Å². The topological polar surface area (TPSA) is 28.4 Å². The van der Waals surface area contributed by atoms with Crippen LogP contribution in [0.5, 0.6) is 0 Å². The van der Waals surface area contributed by atoms with Crippen molar-refractivity contribution >= 4 is 0 Å². The molecule has 2 fully saturated rings. The molecule has 21 heavy (non-hydrogen) atoms. The molecule has 3 heteroatoms.